The summed E-state index contributed by atoms with van der Waals surface area (Å²) < 4.78 is 0. The van der Waals surface area contributed by atoms with E-state index in [9.17, 15) is 4.79 Å². The number of thioether (sulfide) groups is 1. The highest BCUT2D eigenvalue weighted by molar-refractivity contribution is 7.98. The maximum atomic E-state index is 11.3. The van der Waals surface area contributed by atoms with Crippen molar-refractivity contribution in [1.29, 1.82) is 0 Å². The van der Waals surface area contributed by atoms with Gasteiger partial charge in [0.05, 0.1) is 11.0 Å². The lowest BCUT2D eigenvalue weighted by Gasteiger charge is -2.22. The number of nitrogens with one attached hydrogen (secondary N) is 3. The van der Waals surface area contributed by atoms with Crippen molar-refractivity contribution in [3.63, 3.8) is 0 Å². The van der Waals surface area contributed by atoms with E-state index >= 15 is 0 Å². The Morgan fingerprint density at radius 1 is 1.35 bits per heavy atom. The van der Waals surface area contributed by atoms with Gasteiger partial charge in [0.15, 0.2) is 0 Å². The summed E-state index contributed by atoms with van der Waals surface area (Å²) in [6.07, 6.45) is 2.81. The smallest absolute Gasteiger partial charge is 0.323 e. The van der Waals surface area contributed by atoms with E-state index in [1.54, 1.807) is 11.8 Å². The van der Waals surface area contributed by atoms with Crippen LogP contribution in [0.1, 0.15) is 24.9 Å². The maximum absolute atomic E-state index is 11.3. The fourth-order valence-corrected chi connectivity index (χ4v) is 3.01. The van der Waals surface area contributed by atoms with Crippen molar-refractivity contribution in [2.24, 2.45) is 0 Å². The molecule has 2 aromatic rings. The molecule has 0 aliphatic carbocycles. The Balaban J connectivity index is 2.12. The minimum Gasteiger partial charge on any atom is -0.396 e. The largest absolute Gasteiger partial charge is 0.396 e. The van der Waals surface area contributed by atoms with Gasteiger partial charge in [-0.3, -0.25) is 0 Å². The van der Waals surface area contributed by atoms with E-state index in [1.165, 1.54) is 0 Å². The summed E-state index contributed by atoms with van der Waals surface area (Å²) in [6, 6.07) is 6.36. The summed E-state index contributed by atoms with van der Waals surface area (Å²) in [4.78, 5) is 16.8. The van der Waals surface area contributed by atoms with Crippen LogP contribution in [-0.2, 0) is 0 Å². The monoisotopic (exact) mass is 295 g/mol. The quantitative estimate of drug-likeness (QED) is 0.626. The predicted octanol–water partition coefficient (Wildman–Crippen LogP) is 1.62. The topological polar surface area (TPSA) is 80.9 Å². The van der Waals surface area contributed by atoms with Crippen molar-refractivity contribution >= 4 is 22.8 Å². The van der Waals surface area contributed by atoms with Crippen molar-refractivity contribution in [2.75, 3.05) is 18.6 Å². The molecule has 6 heteroatoms. The van der Waals surface area contributed by atoms with Crippen LogP contribution in [-0.4, -0.2) is 39.7 Å². The number of H-pyrrole nitrogens is 2. The first kappa shape index (κ1) is 15.2. The number of imidazole rings is 1. The van der Waals surface area contributed by atoms with E-state index < -0.39 is 0 Å². The third-order valence-corrected chi connectivity index (χ3v) is 4.11. The molecule has 0 bridgehead atoms. The van der Waals surface area contributed by atoms with Crippen LogP contribution >= 0.6 is 11.8 Å². The standard InChI is InChI=1S/C14H21N3O2S/c1-9(15-11(5-6-18)8-20-2)10-3-4-12-13(7-10)17-14(19)16-12/h3-4,7,9,11,15,18H,5-6,8H2,1-2H3,(H2,16,17,19). The summed E-state index contributed by atoms with van der Waals surface area (Å²) in [5, 5.41) is 12.6. The van der Waals surface area contributed by atoms with Gasteiger partial charge in [-0.2, -0.15) is 11.8 Å². The molecule has 1 aromatic carbocycles. The highest BCUT2D eigenvalue weighted by atomic mass is 32.2. The predicted molar refractivity (Wildman–Crippen MR) is 84.3 cm³/mol. The van der Waals surface area contributed by atoms with Crippen molar-refractivity contribution in [3.8, 4) is 0 Å². The molecule has 0 saturated carbocycles. The van der Waals surface area contributed by atoms with Gasteiger partial charge >= 0.3 is 5.69 Å². The molecule has 0 aliphatic heterocycles. The minimum atomic E-state index is -0.182. The Morgan fingerprint density at radius 3 is 2.80 bits per heavy atom. The fraction of sp³-hybridized carbons (Fsp3) is 0.500. The van der Waals surface area contributed by atoms with E-state index in [4.69, 9.17) is 5.11 Å². The number of hydrogen-bond donors (Lipinski definition) is 4. The molecular weight excluding hydrogens is 274 g/mol. The van der Waals surface area contributed by atoms with Crippen LogP contribution in [0.4, 0.5) is 0 Å². The van der Waals surface area contributed by atoms with Crippen LogP contribution < -0.4 is 11.0 Å². The Kier molecular flexibility index (Phi) is 5.28. The molecule has 0 radical (unpaired) electrons. The number of aliphatic hydroxyl groups excluding tert-OH is 1. The Hall–Kier alpha value is -1.24. The number of aromatic amines is 2. The van der Waals surface area contributed by atoms with Crippen LogP contribution in [0.15, 0.2) is 23.0 Å². The van der Waals surface area contributed by atoms with Gasteiger partial charge in [-0.05, 0) is 37.3 Å². The van der Waals surface area contributed by atoms with Gasteiger partial charge in [-0.1, -0.05) is 6.07 Å². The average molecular weight is 295 g/mol. The average Bonchev–Trinajstić information content (AvgIpc) is 2.78. The van der Waals surface area contributed by atoms with E-state index in [0.717, 1.165) is 28.8 Å². The first-order chi connectivity index (χ1) is 9.63. The summed E-state index contributed by atoms with van der Waals surface area (Å²) in [5.74, 6) is 0.966. The number of aliphatic hydroxyl groups is 1. The normalized spacial score (nSPS) is 14.6. The lowest BCUT2D eigenvalue weighted by Crippen LogP contribution is -2.34. The third kappa shape index (κ3) is 3.65. The highest BCUT2D eigenvalue weighted by Gasteiger charge is 2.13. The van der Waals surface area contributed by atoms with Crippen molar-refractivity contribution in [1.82, 2.24) is 15.3 Å². The van der Waals surface area contributed by atoms with Crippen molar-refractivity contribution in [3.05, 3.63) is 34.2 Å². The molecule has 4 N–H and O–H groups in total. The molecule has 2 atom stereocenters. The number of rotatable bonds is 7. The van der Waals surface area contributed by atoms with Crippen LogP contribution in [0, 0.1) is 0 Å². The lowest BCUT2D eigenvalue weighted by molar-refractivity contribution is 0.265. The summed E-state index contributed by atoms with van der Waals surface area (Å²) in [7, 11) is 0. The van der Waals surface area contributed by atoms with E-state index in [-0.39, 0.29) is 24.4 Å². The van der Waals surface area contributed by atoms with Gasteiger partial charge < -0.3 is 20.4 Å². The molecule has 0 fully saturated rings. The van der Waals surface area contributed by atoms with Crippen LogP contribution in [0.3, 0.4) is 0 Å². The molecule has 1 aromatic heterocycles. The summed E-state index contributed by atoms with van der Waals surface area (Å²) in [6.45, 7) is 2.28. The molecule has 5 nitrogen and oxygen atoms in total. The molecule has 0 spiro atoms. The van der Waals surface area contributed by atoms with Gasteiger partial charge in [0.25, 0.3) is 0 Å². The second-order valence-electron chi connectivity index (χ2n) is 4.94. The lowest BCUT2D eigenvalue weighted by atomic mass is 10.1. The Morgan fingerprint density at radius 2 is 2.10 bits per heavy atom. The third-order valence-electron chi connectivity index (χ3n) is 3.37. The first-order valence-corrected chi connectivity index (χ1v) is 8.11. The molecule has 2 rings (SSSR count). The number of aromatic nitrogens is 2. The van der Waals surface area contributed by atoms with Gasteiger partial charge in [0.1, 0.15) is 0 Å². The molecule has 0 saturated heterocycles. The molecule has 1 heterocycles. The fourth-order valence-electron chi connectivity index (χ4n) is 2.34. The van der Waals surface area contributed by atoms with Crippen molar-refractivity contribution < 1.29 is 5.11 Å². The molecule has 0 aliphatic rings. The SMILES string of the molecule is CSCC(CCO)NC(C)c1ccc2[nH]c(=O)[nH]c2c1. The van der Waals surface area contributed by atoms with Crippen LogP contribution in [0.5, 0.6) is 0 Å². The molecule has 20 heavy (non-hydrogen) atoms. The van der Waals surface area contributed by atoms with Gasteiger partial charge in [0, 0.05) is 24.4 Å². The maximum Gasteiger partial charge on any atom is 0.323 e. The van der Waals surface area contributed by atoms with Crippen LogP contribution in [0.25, 0.3) is 11.0 Å². The second-order valence-corrected chi connectivity index (χ2v) is 5.85. The molecule has 110 valence electrons. The number of fused-ring (bicyclic) bond motifs is 1. The Bertz CT molecular complexity index is 602. The van der Waals surface area contributed by atoms with E-state index in [1.807, 2.05) is 18.2 Å². The van der Waals surface area contributed by atoms with Gasteiger partial charge in [0.2, 0.25) is 0 Å². The zero-order valence-corrected chi connectivity index (χ0v) is 12.6. The minimum absolute atomic E-state index is 0.168. The zero-order valence-electron chi connectivity index (χ0n) is 11.8. The van der Waals surface area contributed by atoms with Gasteiger partial charge in [-0.25, -0.2) is 4.79 Å². The Labute approximate surface area is 122 Å². The number of hydrogen-bond acceptors (Lipinski definition) is 4. The zero-order chi connectivity index (χ0) is 14.5. The van der Waals surface area contributed by atoms with Crippen molar-refractivity contribution in [2.45, 2.75) is 25.4 Å². The van der Waals surface area contributed by atoms with Gasteiger partial charge in [-0.15, -0.1) is 0 Å². The highest BCUT2D eigenvalue weighted by Crippen LogP contribution is 2.18. The summed E-state index contributed by atoms with van der Waals surface area (Å²) >= 11 is 1.77. The molecule has 2 unspecified atom stereocenters. The second kappa shape index (κ2) is 6.97. The summed E-state index contributed by atoms with van der Waals surface area (Å²) in [5.41, 5.74) is 2.58. The number of benzene rings is 1. The van der Waals surface area contributed by atoms with Crippen LogP contribution in [0.2, 0.25) is 0 Å². The molecule has 0 amide bonds. The van der Waals surface area contributed by atoms with E-state index in [0.29, 0.717) is 0 Å². The first-order valence-electron chi connectivity index (χ1n) is 6.72. The molecular formula is C14H21N3O2S. The van der Waals surface area contributed by atoms with E-state index in [2.05, 4.69) is 28.5 Å².